The number of carbonyl (C=O) groups excluding carboxylic acids is 1. The Morgan fingerprint density at radius 1 is 1.38 bits per heavy atom. The lowest BCUT2D eigenvalue weighted by molar-refractivity contribution is -0.135. The maximum Gasteiger partial charge on any atom is 0.331 e. The quantitative estimate of drug-likeness (QED) is 0.613. The largest absolute Gasteiger partial charge is 0.458 e. The van der Waals surface area contributed by atoms with Crippen LogP contribution >= 0.6 is 0 Å². The summed E-state index contributed by atoms with van der Waals surface area (Å²) < 4.78 is 5.00. The number of fused-ring (bicyclic) bond motifs is 1. The Morgan fingerprint density at radius 2 is 2.12 bits per heavy atom. The van der Waals surface area contributed by atoms with Gasteiger partial charge in [-0.3, -0.25) is 0 Å². The number of carbonyl (C=O) groups is 1. The van der Waals surface area contributed by atoms with E-state index in [0.29, 0.717) is 24.9 Å². The molecule has 0 bridgehead atoms. The molecule has 0 aromatic heterocycles. The van der Waals surface area contributed by atoms with E-state index in [4.69, 9.17) is 4.74 Å². The van der Waals surface area contributed by atoms with Crippen molar-refractivity contribution in [1.29, 1.82) is 0 Å². The first-order chi connectivity index (χ1) is 11.3. The molecule has 0 spiro atoms. The monoisotopic (exact) mass is 334 g/mol. The SMILES string of the molecule is C=C1CC[C@@H]2[C@@](C)(CO)C[C@@H](O)C[C@]2(C)[C@@H]1CCC1=CC(=O)OC1. The van der Waals surface area contributed by atoms with Gasteiger partial charge in [-0.15, -0.1) is 0 Å². The van der Waals surface area contributed by atoms with Gasteiger partial charge >= 0.3 is 5.97 Å². The van der Waals surface area contributed by atoms with Gasteiger partial charge in [-0.25, -0.2) is 4.79 Å². The molecule has 1 aliphatic heterocycles. The van der Waals surface area contributed by atoms with E-state index < -0.39 is 0 Å². The molecule has 1 heterocycles. The fourth-order valence-corrected chi connectivity index (χ4v) is 5.83. The van der Waals surface area contributed by atoms with E-state index >= 15 is 0 Å². The number of allylic oxidation sites excluding steroid dienone is 1. The van der Waals surface area contributed by atoms with Crippen LogP contribution in [0.1, 0.15) is 52.4 Å². The Bertz CT molecular complexity index is 566. The molecule has 4 nitrogen and oxygen atoms in total. The van der Waals surface area contributed by atoms with Gasteiger partial charge in [-0.1, -0.05) is 26.0 Å². The Morgan fingerprint density at radius 3 is 2.75 bits per heavy atom. The molecule has 0 saturated heterocycles. The van der Waals surface area contributed by atoms with Crippen LogP contribution in [0.25, 0.3) is 0 Å². The zero-order valence-corrected chi connectivity index (χ0v) is 14.9. The Balaban J connectivity index is 1.82. The van der Waals surface area contributed by atoms with Crippen molar-refractivity contribution in [2.24, 2.45) is 22.7 Å². The molecule has 0 amide bonds. The minimum absolute atomic E-state index is 0.0471. The van der Waals surface area contributed by atoms with Gasteiger partial charge in [0.2, 0.25) is 0 Å². The summed E-state index contributed by atoms with van der Waals surface area (Å²) in [5.41, 5.74) is 2.04. The van der Waals surface area contributed by atoms with Crippen LogP contribution in [-0.4, -0.2) is 35.5 Å². The molecule has 134 valence electrons. The normalized spacial score (nSPS) is 42.5. The molecule has 0 aromatic rings. The first-order valence-electron chi connectivity index (χ1n) is 9.11. The Hall–Kier alpha value is -1.13. The summed E-state index contributed by atoms with van der Waals surface area (Å²) in [5, 5.41) is 20.5. The van der Waals surface area contributed by atoms with E-state index in [0.717, 1.165) is 37.7 Å². The van der Waals surface area contributed by atoms with Crippen LogP contribution in [-0.2, 0) is 9.53 Å². The van der Waals surface area contributed by atoms with Crippen molar-refractivity contribution in [3.8, 4) is 0 Å². The molecular formula is C20H30O4. The number of hydrogen-bond donors (Lipinski definition) is 2. The third kappa shape index (κ3) is 2.95. The highest BCUT2D eigenvalue weighted by atomic mass is 16.5. The second kappa shape index (κ2) is 6.30. The van der Waals surface area contributed by atoms with Crippen molar-refractivity contribution in [3.05, 3.63) is 23.8 Å². The number of esters is 1. The van der Waals surface area contributed by atoms with E-state index in [2.05, 4.69) is 20.4 Å². The topological polar surface area (TPSA) is 66.8 Å². The highest BCUT2D eigenvalue weighted by molar-refractivity contribution is 5.85. The van der Waals surface area contributed by atoms with Gasteiger partial charge in [0.15, 0.2) is 0 Å². The van der Waals surface area contributed by atoms with Crippen LogP contribution < -0.4 is 0 Å². The number of rotatable bonds is 4. The summed E-state index contributed by atoms with van der Waals surface area (Å²) in [6.07, 6.45) is 6.49. The Labute approximate surface area is 144 Å². The second-order valence-corrected chi connectivity index (χ2v) is 8.63. The fourth-order valence-electron chi connectivity index (χ4n) is 5.83. The lowest BCUT2D eigenvalue weighted by Gasteiger charge is -2.59. The third-order valence-corrected chi connectivity index (χ3v) is 6.89. The van der Waals surface area contributed by atoms with Gasteiger partial charge in [-0.2, -0.15) is 0 Å². The predicted octanol–water partition coefficient (Wildman–Crippen LogP) is 2.99. The molecule has 3 aliphatic rings. The molecule has 0 aromatic carbocycles. The van der Waals surface area contributed by atoms with Crippen molar-refractivity contribution in [3.63, 3.8) is 0 Å². The number of hydrogen-bond acceptors (Lipinski definition) is 4. The van der Waals surface area contributed by atoms with Crippen molar-refractivity contribution >= 4 is 5.97 Å². The molecule has 0 unspecified atom stereocenters. The lowest BCUT2D eigenvalue weighted by atomic mass is 9.46. The summed E-state index contributed by atoms with van der Waals surface area (Å²) >= 11 is 0. The van der Waals surface area contributed by atoms with E-state index in [-0.39, 0.29) is 29.5 Å². The molecule has 2 aliphatic carbocycles. The third-order valence-electron chi connectivity index (χ3n) is 6.89. The first kappa shape index (κ1) is 17.7. The van der Waals surface area contributed by atoms with Gasteiger partial charge in [0.1, 0.15) is 6.61 Å². The standard InChI is InChI=1S/C20H30O4/c1-13-4-7-17-19(2,12-21)9-15(22)10-20(17,3)16(13)6-5-14-8-18(23)24-11-14/h8,15-17,21-22H,1,4-7,9-12H2,2-3H3/t15-,16-,17-,19-,20-/m1/s1. The van der Waals surface area contributed by atoms with Crippen molar-refractivity contribution in [1.82, 2.24) is 0 Å². The van der Waals surface area contributed by atoms with Crippen LogP contribution in [0.2, 0.25) is 0 Å². The van der Waals surface area contributed by atoms with Gasteiger partial charge in [0.25, 0.3) is 0 Å². The summed E-state index contributed by atoms with van der Waals surface area (Å²) in [5.74, 6) is 0.468. The van der Waals surface area contributed by atoms with Gasteiger partial charge < -0.3 is 14.9 Å². The first-order valence-corrected chi connectivity index (χ1v) is 9.11. The number of aliphatic hydroxyl groups is 2. The lowest BCUT2D eigenvalue weighted by Crippen LogP contribution is -2.55. The highest BCUT2D eigenvalue weighted by Crippen LogP contribution is 2.61. The fraction of sp³-hybridized carbons (Fsp3) is 0.750. The van der Waals surface area contributed by atoms with Crippen molar-refractivity contribution < 1.29 is 19.7 Å². The molecule has 0 radical (unpaired) electrons. The van der Waals surface area contributed by atoms with E-state index in [1.165, 1.54) is 5.57 Å². The maximum atomic E-state index is 11.2. The number of ether oxygens (including phenoxy) is 1. The number of aliphatic hydroxyl groups excluding tert-OH is 2. The minimum atomic E-state index is -0.368. The van der Waals surface area contributed by atoms with Gasteiger partial charge in [0, 0.05) is 12.7 Å². The van der Waals surface area contributed by atoms with Gasteiger partial charge in [0.05, 0.1) is 6.10 Å². The van der Waals surface area contributed by atoms with Crippen molar-refractivity contribution in [2.75, 3.05) is 13.2 Å². The van der Waals surface area contributed by atoms with E-state index in [9.17, 15) is 15.0 Å². The Kier molecular flexibility index (Phi) is 4.65. The van der Waals surface area contributed by atoms with Crippen LogP contribution in [0.4, 0.5) is 0 Å². The highest BCUT2D eigenvalue weighted by Gasteiger charge is 2.56. The summed E-state index contributed by atoms with van der Waals surface area (Å²) in [6.45, 7) is 9.25. The zero-order chi connectivity index (χ0) is 17.5. The summed E-state index contributed by atoms with van der Waals surface area (Å²) in [7, 11) is 0. The zero-order valence-electron chi connectivity index (χ0n) is 14.9. The summed E-state index contributed by atoms with van der Waals surface area (Å²) in [6, 6.07) is 0. The average Bonchev–Trinajstić information content (AvgIpc) is 2.91. The summed E-state index contributed by atoms with van der Waals surface area (Å²) in [4.78, 5) is 11.2. The van der Waals surface area contributed by atoms with Crippen LogP contribution in [0, 0.1) is 22.7 Å². The molecule has 2 fully saturated rings. The molecule has 24 heavy (non-hydrogen) atoms. The van der Waals surface area contributed by atoms with Crippen LogP contribution in [0.3, 0.4) is 0 Å². The molecule has 4 heteroatoms. The number of cyclic esters (lactones) is 1. The van der Waals surface area contributed by atoms with Crippen LogP contribution in [0.15, 0.2) is 23.8 Å². The molecule has 5 atom stereocenters. The molecule has 3 rings (SSSR count). The molecule has 2 N–H and O–H groups in total. The molecule has 2 saturated carbocycles. The smallest absolute Gasteiger partial charge is 0.331 e. The molecular weight excluding hydrogens is 304 g/mol. The minimum Gasteiger partial charge on any atom is -0.458 e. The predicted molar refractivity (Wildman–Crippen MR) is 92.2 cm³/mol. The second-order valence-electron chi connectivity index (χ2n) is 8.63. The average molecular weight is 334 g/mol. The van der Waals surface area contributed by atoms with E-state index in [1.54, 1.807) is 6.08 Å². The maximum absolute atomic E-state index is 11.2. The van der Waals surface area contributed by atoms with Crippen LogP contribution in [0.5, 0.6) is 0 Å². The van der Waals surface area contributed by atoms with E-state index in [1.807, 2.05) is 0 Å². The van der Waals surface area contributed by atoms with Gasteiger partial charge in [-0.05, 0) is 66.8 Å². The van der Waals surface area contributed by atoms with Crippen molar-refractivity contribution in [2.45, 2.75) is 58.5 Å².